The zero-order valence-electron chi connectivity index (χ0n) is 17.5. The lowest BCUT2D eigenvalue weighted by Gasteiger charge is -2.39. The summed E-state index contributed by atoms with van der Waals surface area (Å²) in [5.74, 6) is 1.76. The predicted octanol–water partition coefficient (Wildman–Crippen LogP) is 3.19. The van der Waals surface area contributed by atoms with Crippen LogP contribution >= 0.6 is 0 Å². The normalized spacial score (nSPS) is 23.3. The van der Waals surface area contributed by atoms with Crippen LogP contribution in [0.2, 0.25) is 0 Å². The molecule has 31 heavy (non-hydrogen) atoms. The molecular weight excluding hydrogens is 392 g/mol. The lowest BCUT2D eigenvalue weighted by atomic mass is 9.93. The van der Waals surface area contributed by atoms with Crippen LogP contribution in [0.1, 0.15) is 37.2 Å². The molecule has 2 aliphatic heterocycles. The molecule has 2 saturated heterocycles. The molecule has 162 valence electrons. The highest BCUT2D eigenvalue weighted by Gasteiger charge is 2.45. The van der Waals surface area contributed by atoms with E-state index in [0.29, 0.717) is 55.7 Å². The van der Waals surface area contributed by atoms with Crippen LogP contribution in [-0.4, -0.2) is 53.5 Å². The minimum atomic E-state index is -0.758. The van der Waals surface area contributed by atoms with E-state index >= 15 is 0 Å². The Kier molecular flexibility index (Phi) is 5.36. The highest BCUT2D eigenvalue weighted by molar-refractivity contribution is 5.90. The van der Waals surface area contributed by atoms with Crippen LogP contribution in [0, 0.1) is 5.92 Å². The zero-order valence-corrected chi connectivity index (χ0v) is 17.5. The van der Waals surface area contributed by atoms with Gasteiger partial charge in [-0.25, -0.2) is 4.79 Å². The molecule has 1 atom stereocenters. The fraction of sp³-hybridized carbons (Fsp3) is 0.458. The summed E-state index contributed by atoms with van der Waals surface area (Å²) in [6.45, 7) is 2.74. The van der Waals surface area contributed by atoms with Crippen LogP contribution in [0.5, 0.6) is 5.75 Å². The van der Waals surface area contributed by atoms with Crippen LogP contribution in [0.3, 0.4) is 0 Å². The summed E-state index contributed by atoms with van der Waals surface area (Å²) in [5.41, 5.74) is 1.12. The minimum Gasteiger partial charge on any atom is -0.478 e. The van der Waals surface area contributed by atoms with Gasteiger partial charge in [-0.15, -0.1) is 0 Å². The summed E-state index contributed by atoms with van der Waals surface area (Å²) >= 11 is 0. The molecule has 1 aromatic heterocycles. The second-order valence-corrected chi connectivity index (χ2v) is 8.94. The Bertz CT molecular complexity index is 931. The number of ketones is 1. The van der Waals surface area contributed by atoms with Gasteiger partial charge in [-0.3, -0.25) is 9.78 Å². The molecule has 3 heterocycles. The lowest BCUT2D eigenvalue weighted by Crippen LogP contribution is -2.50. The SMILES string of the molecule is O=C(Nc1ccc(O[C@]2(C(=O)CC3CC3)CCNC2)cc1)N1CC(c2cccnc2)C1. The Hall–Kier alpha value is -2.93. The Balaban J connectivity index is 1.15. The van der Waals surface area contributed by atoms with Gasteiger partial charge in [0.25, 0.3) is 0 Å². The largest absolute Gasteiger partial charge is 0.478 e. The number of hydrogen-bond acceptors (Lipinski definition) is 5. The molecule has 0 unspecified atom stereocenters. The molecular formula is C24H28N4O3. The Labute approximate surface area is 182 Å². The molecule has 1 aromatic carbocycles. The molecule has 7 heteroatoms. The molecule has 5 rings (SSSR count). The minimum absolute atomic E-state index is 0.107. The highest BCUT2D eigenvalue weighted by atomic mass is 16.5. The van der Waals surface area contributed by atoms with Crippen molar-refractivity contribution in [3.63, 3.8) is 0 Å². The van der Waals surface area contributed by atoms with Gasteiger partial charge in [-0.1, -0.05) is 6.07 Å². The number of ether oxygens (including phenoxy) is 1. The molecule has 2 N–H and O–H groups in total. The Morgan fingerprint density at radius 1 is 1.19 bits per heavy atom. The fourth-order valence-corrected chi connectivity index (χ4v) is 4.33. The number of nitrogens with zero attached hydrogens (tertiary/aromatic N) is 2. The molecule has 1 saturated carbocycles. The topological polar surface area (TPSA) is 83.6 Å². The highest BCUT2D eigenvalue weighted by Crippen LogP contribution is 2.36. The van der Waals surface area contributed by atoms with Crippen molar-refractivity contribution < 1.29 is 14.3 Å². The molecule has 2 aromatic rings. The van der Waals surface area contributed by atoms with Crippen LogP contribution in [0.4, 0.5) is 10.5 Å². The van der Waals surface area contributed by atoms with Crippen LogP contribution in [-0.2, 0) is 4.79 Å². The first-order chi connectivity index (χ1) is 15.1. The number of hydrogen-bond donors (Lipinski definition) is 2. The third kappa shape index (κ3) is 4.42. The third-order valence-corrected chi connectivity index (χ3v) is 6.54. The summed E-state index contributed by atoms with van der Waals surface area (Å²) in [6.07, 6.45) is 7.25. The number of anilines is 1. The first-order valence-corrected chi connectivity index (χ1v) is 11.1. The smallest absolute Gasteiger partial charge is 0.321 e. The van der Waals surface area contributed by atoms with Gasteiger partial charge in [0.05, 0.1) is 0 Å². The number of pyridine rings is 1. The summed E-state index contributed by atoms with van der Waals surface area (Å²) in [4.78, 5) is 31.3. The van der Waals surface area contributed by atoms with E-state index in [9.17, 15) is 9.59 Å². The number of Topliss-reactive ketones (excluding diaryl/α,β-unsaturated/α-hetero) is 1. The maximum Gasteiger partial charge on any atom is 0.321 e. The molecule has 0 bridgehead atoms. The van der Waals surface area contributed by atoms with Crippen molar-refractivity contribution in [1.82, 2.24) is 15.2 Å². The number of urea groups is 1. The van der Waals surface area contributed by atoms with Crippen molar-refractivity contribution in [3.05, 3.63) is 54.4 Å². The van der Waals surface area contributed by atoms with Crippen LogP contribution < -0.4 is 15.4 Å². The van der Waals surface area contributed by atoms with E-state index in [2.05, 4.69) is 15.6 Å². The number of benzene rings is 1. The number of amides is 2. The van der Waals surface area contributed by atoms with Crippen molar-refractivity contribution in [3.8, 4) is 5.75 Å². The van der Waals surface area contributed by atoms with Crippen molar-refractivity contribution in [2.24, 2.45) is 5.92 Å². The number of carbonyl (C=O) groups excluding carboxylic acids is 2. The maximum atomic E-state index is 12.8. The Morgan fingerprint density at radius 2 is 2.00 bits per heavy atom. The second-order valence-electron chi connectivity index (χ2n) is 8.94. The molecule has 0 spiro atoms. The summed E-state index contributed by atoms with van der Waals surface area (Å²) < 4.78 is 6.22. The van der Waals surface area contributed by atoms with Gasteiger partial charge in [-0.2, -0.15) is 0 Å². The molecule has 3 fully saturated rings. The predicted molar refractivity (Wildman–Crippen MR) is 117 cm³/mol. The van der Waals surface area contributed by atoms with E-state index in [1.807, 2.05) is 42.6 Å². The molecule has 7 nitrogen and oxygen atoms in total. The monoisotopic (exact) mass is 420 g/mol. The standard InChI is InChI=1S/C24H28N4O3/c29-22(12-17-3-4-17)24(9-11-26-16-24)31-21-7-5-20(6-8-21)27-23(30)28-14-19(15-28)18-2-1-10-25-13-18/h1-2,5-8,10,13,17,19,26H,3-4,9,11-12,14-16H2,(H,27,30)/t24-/m1/s1. The van der Waals surface area contributed by atoms with Crippen molar-refractivity contribution in [2.75, 3.05) is 31.5 Å². The van der Waals surface area contributed by atoms with E-state index in [1.54, 1.807) is 11.1 Å². The summed E-state index contributed by atoms with van der Waals surface area (Å²) in [5, 5.41) is 6.21. The zero-order chi connectivity index (χ0) is 21.3. The summed E-state index contributed by atoms with van der Waals surface area (Å²) in [7, 11) is 0. The van der Waals surface area contributed by atoms with Gasteiger partial charge >= 0.3 is 6.03 Å². The number of likely N-dealkylation sites (tertiary alicyclic amines) is 1. The van der Waals surface area contributed by atoms with Gasteiger partial charge < -0.3 is 20.3 Å². The first-order valence-electron chi connectivity index (χ1n) is 11.1. The van der Waals surface area contributed by atoms with Gasteiger partial charge in [0.1, 0.15) is 5.75 Å². The quantitative estimate of drug-likeness (QED) is 0.719. The van der Waals surface area contributed by atoms with Gasteiger partial charge in [-0.05, 0) is 61.2 Å². The van der Waals surface area contributed by atoms with Crippen molar-refractivity contribution in [1.29, 1.82) is 0 Å². The van der Waals surface area contributed by atoms with E-state index in [4.69, 9.17) is 4.74 Å². The number of carbonyl (C=O) groups is 2. The van der Waals surface area contributed by atoms with E-state index in [1.165, 1.54) is 5.56 Å². The molecule has 2 amide bonds. The molecule has 0 radical (unpaired) electrons. The van der Waals surface area contributed by atoms with E-state index in [-0.39, 0.29) is 11.8 Å². The summed E-state index contributed by atoms with van der Waals surface area (Å²) in [6, 6.07) is 11.2. The van der Waals surface area contributed by atoms with Crippen LogP contribution in [0.15, 0.2) is 48.8 Å². The van der Waals surface area contributed by atoms with Crippen molar-refractivity contribution in [2.45, 2.75) is 37.2 Å². The van der Waals surface area contributed by atoms with Gasteiger partial charge in [0.2, 0.25) is 0 Å². The second kappa shape index (κ2) is 8.30. The Morgan fingerprint density at radius 3 is 2.65 bits per heavy atom. The van der Waals surface area contributed by atoms with E-state index in [0.717, 1.165) is 19.4 Å². The van der Waals surface area contributed by atoms with Gasteiger partial charge in [0.15, 0.2) is 11.4 Å². The van der Waals surface area contributed by atoms with Gasteiger partial charge in [0, 0.05) is 56.5 Å². The number of nitrogens with one attached hydrogen (secondary N) is 2. The van der Waals surface area contributed by atoms with Crippen LogP contribution in [0.25, 0.3) is 0 Å². The third-order valence-electron chi connectivity index (χ3n) is 6.54. The van der Waals surface area contributed by atoms with Crippen molar-refractivity contribution >= 4 is 17.5 Å². The molecule has 3 aliphatic rings. The van der Waals surface area contributed by atoms with E-state index < -0.39 is 5.60 Å². The number of aromatic nitrogens is 1. The lowest BCUT2D eigenvalue weighted by molar-refractivity contribution is -0.133. The average molecular weight is 421 g/mol. The number of rotatable bonds is 7. The maximum absolute atomic E-state index is 12.8. The first kappa shape index (κ1) is 20.0. The average Bonchev–Trinajstić information content (AvgIpc) is 3.43. The fourth-order valence-electron chi connectivity index (χ4n) is 4.33. The molecule has 1 aliphatic carbocycles.